The number of anilines is 2. The lowest BCUT2D eigenvalue weighted by atomic mass is 10.2. The summed E-state index contributed by atoms with van der Waals surface area (Å²) in [5.41, 5.74) is 9.27. The Balaban J connectivity index is 1.93. The number of fused-ring (bicyclic) bond motifs is 1. The van der Waals surface area contributed by atoms with Crippen molar-refractivity contribution in [2.24, 2.45) is 0 Å². The molecule has 0 saturated heterocycles. The van der Waals surface area contributed by atoms with Crippen molar-refractivity contribution in [1.82, 2.24) is 24.5 Å². The smallest absolute Gasteiger partial charge is 0.226 e. The third kappa shape index (κ3) is 3.41. The van der Waals surface area contributed by atoms with Crippen molar-refractivity contribution in [3.05, 3.63) is 34.9 Å². The number of rotatable bonds is 6. The van der Waals surface area contributed by atoms with Crippen LogP contribution in [0.15, 0.2) is 18.5 Å². The van der Waals surface area contributed by atoms with E-state index < -0.39 is 0 Å². The van der Waals surface area contributed by atoms with E-state index in [9.17, 15) is 0 Å². The molecule has 0 atom stereocenters. The normalized spacial score (nSPS) is 11.1. The van der Waals surface area contributed by atoms with Crippen LogP contribution in [0.4, 0.5) is 11.8 Å². The van der Waals surface area contributed by atoms with Crippen molar-refractivity contribution in [2.45, 2.75) is 33.2 Å². The van der Waals surface area contributed by atoms with Gasteiger partial charge in [0.15, 0.2) is 11.5 Å². The Morgan fingerprint density at radius 1 is 1.25 bits per heavy atom. The first-order valence-electron chi connectivity index (χ1n) is 7.92. The van der Waals surface area contributed by atoms with Crippen LogP contribution >= 0.6 is 11.6 Å². The van der Waals surface area contributed by atoms with Gasteiger partial charge in [0.25, 0.3) is 0 Å². The second-order valence-corrected chi connectivity index (χ2v) is 6.02. The fraction of sp³-hybridized carbons (Fsp3) is 0.375. The molecule has 0 radical (unpaired) electrons. The lowest BCUT2D eigenvalue weighted by Gasteiger charge is -2.09. The molecule has 3 aromatic heterocycles. The number of nitrogens with one attached hydrogen (secondary N) is 1. The molecule has 24 heavy (non-hydrogen) atoms. The minimum absolute atomic E-state index is 0.378. The average molecular weight is 346 g/mol. The number of nitrogens with zero attached hydrogens (tertiary/aromatic N) is 5. The van der Waals surface area contributed by atoms with Crippen molar-refractivity contribution in [3.63, 3.8) is 0 Å². The Bertz CT molecular complexity index is 859. The number of aryl methyl sites for hydroxylation is 1. The molecule has 0 aliphatic rings. The summed E-state index contributed by atoms with van der Waals surface area (Å²) < 4.78 is 1.94. The number of halogens is 1. The summed E-state index contributed by atoms with van der Waals surface area (Å²) in [6.45, 7) is 5.48. The highest BCUT2D eigenvalue weighted by molar-refractivity contribution is 6.29. The van der Waals surface area contributed by atoms with Gasteiger partial charge in [0.1, 0.15) is 10.7 Å². The van der Waals surface area contributed by atoms with E-state index in [-0.39, 0.29) is 0 Å². The van der Waals surface area contributed by atoms with Crippen LogP contribution in [0.25, 0.3) is 11.2 Å². The highest BCUT2D eigenvalue weighted by Crippen LogP contribution is 2.20. The van der Waals surface area contributed by atoms with Crippen LogP contribution in [0.1, 0.15) is 31.0 Å². The molecule has 0 unspecified atom stereocenters. The van der Waals surface area contributed by atoms with Crippen LogP contribution in [0.2, 0.25) is 5.15 Å². The number of nitrogens with two attached hydrogens (primary N) is 1. The molecule has 0 bridgehead atoms. The van der Waals surface area contributed by atoms with Gasteiger partial charge in [-0.3, -0.25) is 0 Å². The zero-order valence-electron chi connectivity index (χ0n) is 13.8. The Hall–Kier alpha value is -2.41. The summed E-state index contributed by atoms with van der Waals surface area (Å²) in [6.07, 6.45) is 3.88. The average Bonchev–Trinajstić information content (AvgIpc) is 2.94. The van der Waals surface area contributed by atoms with E-state index >= 15 is 0 Å². The number of imidazole rings is 1. The lowest BCUT2D eigenvalue weighted by molar-refractivity contribution is 0.798. The van der Waals surface area contributed by atoms with Crippen molar-refractivity contribution < 1.29 is 0 Å². The van der Waals surface area contributed by atoms with Gasteiger partial charge in [-0.15, -0.1) is 0 Å². The van der Waals surface area contributed by atoms with Crippen LogP contribution in [0, 0.1) is 6.92 Å². The van der Waals surface area contributed by atoms with Gasteiger partial charge >= 0.3 is 0 Å². The van der Waals surface area contributed by atoms with Gasteiger partial charge < -0.3 is 15.6 Å². The van der Waals surface area contributed by atoms with Crippen molar-refractivity contribution >= 4 is 34.5 Å². The van der Waals surface area contributed by atoms with Crippen LogP contribution in [0.5, 0.6) is 0 Å². The van der Waals surface area contributed by atoms with Gasteiger partial charge in [0.2, 0.25) is 5.95 Å². The van der Waals surface area contributed by atoms with E-state index in [0.717, 1.165) is 30.6 Å². The highest BCUT2D eigenvalue weighted by atomic mass is 35.5. The predicted octanol–water partition coefficient (Wildman–Crippen LogP) is 3.03. The number of hydrogen-bond acceptors (Lipinski definition) is 6. The monoisotopic (exact) mass is 345 g/mol. The second-order valence-electron chi connectivity index (χ2n) is 5.64. The van der Waals surface area contributed by atoms with Crippen LogP contribution in [0.3, 0.4) is 0 Å². The first-order valence-corrected chi connectivity index (χ1v) is 8.30. The molecule has 3 rings (SSSR count). The number of unbranched alkanes of at least 4 members (excludes halogenated alkanes) is 1. The van der Waals surface area contributed by atoms with E-state index in [1.165, 1.54) is 0 Å². The summed E-state index contributed by atoms with van der Waals surface area (Å²) in [5.74, 6) is 0.907. The molecule has 0 spiro atoms. The maximum Gasteiger partial charge on any atom is 0.226 e. The largest absolute Gasteiger partial charge is 0.382 e. The molecule has 3 N–H and O–H groups in total. The van der Waals surface area contributed by atoms with E-state index in [1.54, 1.807) is 12.4 Å². The molecule has 0 aliphatic carbocycles. The van der Waals surface area contributed by atoms with Crippen LogP contribution < -0.4 is 11.1 Å². The van der Waals surface area contributed by atoms with E-state index in [1.807, 2.05) is 17.6 Å². The maximum atomic E-state index is 6.02. The minimum Gasteiger partial charge on any atom is -0.382 e. The van der Waals surface area contributed by atoms with E-state index in [4.69, 9.17) is 17.3 Å². The van der Waals surface area contributed by atoms with Gasteiger partial charge in [-0.2, -0.15) is 9.97 Å². The van der Waals surface area contributed by atoms with Crippen molar-refractivity contribution in [1.29, 1.82) is 0 Å². The number of pyridine rings is 1. The molecule has 0 aromatic carbocycles. The van der Waals surface area contributed by atoms with E-state index in [0.29, 0.717) is 34.6 Å². The highest BCUT2D eigenvalue weighted by Gasteiger charge is 2.12. The fourth-order valence-electron chi connectivity index (χ4n) is 2.45. The summed E-state index contributed by atoms with van der Waals surface area (Å²) in [4.78, 5) is 17.5. The maximum absolute atomic E-state index is 6.02. The number of aromatic nitrogens is 5. The molecule has 126 valence electrons. The molecular weight excluding hydrogens is 326 g/mol. The molecule has 3 heterocycles. The summed E-state index contributed by atoms with van der Waals surface area (Å²) in [5, 5.41) is 3.69. The third-order valence-electron chi connectivity index (χ3n) is 3.81. The Kier molecular flexibility index (Phi) is 4.80. The Morgan fingerprint density at radius 2 is 2.08 bits per heavy atom. The van der Waals surface area contributed by atoms with Crippen molar-refractivity contribution in [3.8, 4) is 0 Å². The lowest BCUT2D eigenvalue weighted by Crippen LogP contribution is -2.09. The van der Waals surface area contributed by atoms with Gasteiger partial charge in [-0.05, 0) is 25.0 Å². The molecule has 0 amide bonds. The first kappa shape index (κ1) is 16.4. The summed E-state index contributed by atoms with van der Waals surface area (Å²) >= 11 is 5.92. The molecule has 0 aliphatic heterocycles. The molecule has 8 heteroatoms. The Morgan fingerprint density at radius 3 is 2.83 bits per heavy atom. The van der Waals surface area contributed by atoms with Crippen LogP contribution in [-0.2, 0) is 6.54 Å². The van der Waals surface area contributed by atoms with Gasteiger partial charge in [0, 0.05) is 12.2 Å². The topological polar surface area (TPSA) is 94.5 Å². The van der Waals surface area contributed by atoms with E-state index in [2.05, 4.69) is 32.2 Å². The predicted molar refractivity (Wildman–Crippen MR) is 96.2 cm³/mol. The van der Waals surface area contributed by atoms with Crippen LogP contribution in [-0.4, -0.2) is 31.0 Å². The van der Waals surface area contributed by atoms with Crippen molar-refractivity contribution in [2.75, 3.05) is 17.6 Å². The molecule has 0 fully saturated rings. The number of nitrogen functional groups attached to an aromatic ring is 1. The molecule has 3 aromatic rings. The standard InChI is InChI=1S/C16H20ClN7/c1-3-4-7-19-16-22-14(18)13-15(23-16)24(9-20-13)8-11-5-6-12(17)21-10(11)2/h5-6,9H,3-4,7-8H2,1-2H3,(H3,18,19,22,23). The fourth-order valence-corrected chi connectivity index (χ4v) is 2.64. The van der Waals surface area contributed by atoms with Gasteiger partial charge in [-0.25, -0.2) is 9.97 Å². The first-order chi connectivity index (χ1) is 11.6. The summed E-state index contributed by atoms with van der Waals surface area (Å²) in [7, 11) is 0. The SMILES string of the molecule is CCCCNc1nc(N)c2ncn(Cc3ccc(Cl)nc3C)c2n1. The zero-order valence-corrected chi connectivity index (χ0v) is 14.5. The van der Waals surface area contributed by atoms with Gasteiger partial charge in [0.05, 0.1) is 12.9 Å². The quantitative estimate of drug-likeness (QED) is 0.526. The zero-order chi connectivity index (χ0) is 17.1. The number of hydrogen-bond donors (Lipinski definition) is 2. The van der Waals surface area contributed by atoms with Gasteiger partial charge in [-0.1, -0.05) is 31.0 Å². The summed E-state index contributed by atoms with van der Waals surface area (Å²) in [6, 6.07) is 3.74. The molecular formula is C16H20ClN7. The second kappa shape index (κ2) is 7.00. The molecule has 0 saturated carbocycles. The molecule has 7 nitrogen and oxygen atoms in total. The third-order valence-corrected chi connectivity index (χ3v) is 4.02. The Labute approximate surface area is 145 Å². The minimum atomic E-state index is 0.378.